The first-order valence-corrected chi connectivity index (χ1v) is 3.89. The van der Waals surface area contributed by atoms with Crippen molar-refractivity contribution in [3.05, 3.63) is 12.3 Å². The summed E-state index contributed by atoms with van der Waals surface area (Å²) in [6.45, 7) is 5.32. The molecule has 72 valence electrons. The Morgan fingerprint density at radius 3 is 2.62 bits per heavy atom. The summed E-state index contributed by atoms with van der Waals surface area (Å²) in [5.41, 5.74) is -0.536. The van der Waals surface area contributed by atoms with Crippen LogP contribution in [0.5, 0.6) is 5.88 Å². The summed E-state index contributed by atoms with van der Waals surface area (Å²) >= 11 is 0. The minimum absolute atomic E-state index is 0.0471. The van der Waals surface area contributed by atoms with Crippen LogP contribution < -0.4 is 0 Å². The van der Waals surface area contributed by atoms with E-state index in [1.54, 1.807) is 20.8 Å². The Bertz CT molecular complexity index is 311. The second-order valence-corrected chi connectivity index (χ2v) is 3.63. The van der Waals surface area contributed by atoms with E-state index in [-0.39, 0.29) is 5.88 Å². The van der Waals surface area contributed by atoms with E-state index in [1.807, 2.05) is 0 Å². The largest absolute Gasteiger partial charge is 0.578 e. The summed E-state index contributed by atoms with van der Waals surface area (Å²) in [7, 11) is 0. The van der Waals surface area contributed by atoms with E-state index < -0.39 is 11.7 Å². The zero-order valence-electron chi connectivity index (χ0n) is 7.87. The van der Waals surface area contributed by atoms with Gasteiger partial charge in [0, 0.05) is 6.20 Å². The van der Waals surface area contributed by atoms with Crippen LogP contribution in [0.4, 0.5) is 4.79 Å². The van der Waals surface area contributed by atoms with Gasteiger partial charge in [0.05, 0.1) is 6.07 Å². The Morgan fingerprint density at radius 1 is 1.62 bits per heavy atom. The number of hydrogen-bond acceptors (Lipinski definition) is 3. The van der Waals surface area contributed by atoms with Crippen molar-refractivity contribution in [3.8, 4) is 5.88 Å². The summed E-state index contributed by atoms with van der Waals surface area (Å²) in [5.74, 6) is 0.0471. The van der Waals surface area contributed by atoms with Gasteiger partial charge >= 0.3 is 12.0 Å². The molecule has 0 saturated carbocycles. The molecule has 0 aromatic carbocycles. The third kappa shape index (κ3) is 2.77. The molecule has 0 aliphatic heterocycles. The van der Waals surface area contributed by atoms with Gasteiger partial charge in [0.2, 0.25) is 0 Å². The first kappa shape index (κ1) is 9.57. The Hall–Kier alpha value is -1.52. The number of aromatic nitrogens is 2. The topological polar surface area (TPSA) is 67.0 Å². The van der Waals surface area contributed by atoms with Crippen LogP contribution in [-0.4, -0.2) is 26.6 Å². The lowest BCUT2D eigenvalue weighted by atomic mass is 10.2. The first-order chi connectivity index (χ1) is 5.88. The number of carbonyl (C=O) groups excluding carboxylic acids is 1. The van der Waals surface area contributed by atoms with Crippen molar-refractivity contribution in [1.82, 2.24) is 9.78 Å². The number of hydrogen-bond donors (Lipinski definition) is 0. The van der Waals surface area contributed by atoms with Gasteiger partial charge in [-0.25, -0.2) is 4.79 Å². The molecular weight excluding hydrogens is 172 g/mol. The van der Waals surface area contributed by atoms with E-state index in [9.17, 15) is 4.79 Å². The van der Waals surface area contributed by atoms with Crippen molar-refractivity contribution >= 4 is 6.09 Å². The zero-order valence-corrected chi connectivity index (χ0v) is 7.87. The van der Waals surface area contributed by atoms with Crippen LogP contribution in [0.25, 0.3) is 0 Å². The molecule has 1 heterocycles. The van der Waals surface area contributed by atoms with Crippen molar-refractivity contribution in [2.45, 2.75) is 26.4 Å². The van der Waals surface area contributed by atoms with Crippen LogP contribution in [0.15, 0.2) is 12.3 Å². The van der Waals surface area contributed by atoms with Crippen molar-refractivity contribution < 1.29 is 14.6 Å². The summed E-state index contributed by atoms with van der Waals surface area (Å²) in [6.07, 6.45) is 0.835. The standard InChI is InChI=1S/C8H12N2O3/c1-8(2,3)13-7(12)10-5-4-6(11)9-10/h4-5H,1-3H3,(H,9,11)/p+1. The highest BCUT2D eigenvalue weighted by atomic mass is 16.6. The minimum atomic E-state index is -0.564. The molecule has 0 unspecified atom stereocenters. The van der Waals surface area contributed by atoms with E-state index in [0.29, 0.717) is 0 Å². The first-order valence-electron chi connectivity index (χ1n) is 3.89. The maximum absolute atomic E-state index is 11.3. The number of ether oxygens (including phenoxy) is 1. The lowest BCUT2D eigenvalue weighted by Crippen LogP contribution is -2.27. The monoisotopic (exact) mass is 185 g/mol. The van der Waals surface area contributed by atoms with E-state index in [2.05, 4.69) is 5.10 Å². The van der Waals surface area contributed by atoms with Gasteiger partial charge in [-0.3, -0.25) is 0 Å². The summed E-state index contributed by atoms with van der Waals surface area (Å²) in [4.78, 5) is 11.3. The molecule has 0 saturated heterocycles. The molecular formula is C8H13N2O3+. The lowest BCUT2D eigenvalue weighted by molar-refractivity contribution is 0.0512. The molecule has 0 fully saturated rings. The molecule has 0 atom stereocenters. The smallest absolute Gasteiger partial charge is 0.435 e. The zero-order chi connectivity index (χ0) is 10.1. The molecule has 0 radical (unpaired) electrons. The van der Waals surface area contributed by atoms with E-state index in [1.165, 1.54) is 12.3 Å². The Morgan fingerprint density at radius 2 is 2.23 bits per heavy atom. The van der Waals surface area contributed by atoms with E-state index in [0.717, 1.165) is 4.68 Å². The molecule has 5 nitrogen and oxygen atoms in total. The van der Waals surface area contributed by atoms with Crippen molar-refractivity contribution in [3.63, 3.8) is 0 Å². The van der Waals surface area contributed by atoms with Gasteiger partial charge in [0.1, 0.15) is 5.60 Å². The van der Waals surface area contributed by atoms with Gasteiger partial charge in [-0.1, -0.05) is 5.10 Å². The van der Waals surface area contributed by atoms with Crippen molar-refractivity contribution in [2.75, 3.05) is 0 Å². The van der Waals surface area contributed by atoms with Crippen LogP contribution in [0, 0.1) is 0 Å². The second kappa shape index (κ2) is 3.08. The predicted octanol–water partition coefficient (Wildman–Crippen LogP) is 1.10. The Balaban J connectivity index is 2.70. The lowest BCUT2D eigenvalue weighted by Gasteiger charge is -2.18. The molecule has 1 aromatic heterocycles. The van der Waals surface area contributed by atoms with Crippen LogP contribution in [0.3, 0.4) is 0 Å². The van der Waals surface area contributed by atoms with Gasteiger partial charge in [0.15, 0.2) is 0 Å². The van der Waals surface area contributed by atoms with Crippen LogP contribution in [0.2, 0.25) is 0 Å². The number of carbonyl (C=O) groups is 1. The Kier molecular flexibility index (Phi) is 2.27. The third-order valence-corrected chi connectivity index (χ3v) is 1.17. The van der Waals surface area contributed by atoms with Crippen LogP contribution >= 0.6 is 0 Å². The third-order valence-electron chi connectivity index (χ3n) is 1.17. The molecule has 2 N–H and O–H groups in total. The average Bonchev–Trinajstić information content (AvgIpc) is 2.31. The maximum atomic E-state index is 11.3. The van der Waals surface area contributed by atoms with Gasteiger partial charge in [0.25, 0.3) is 0 Å². The fourth-order valence-electron chi connectivity index (χ4n) is 0.734. The fraction of sp³-hybridized carbons (Fsp3) is 0.500. The molecule has 0 aliphatic rings. The summed E-state index contributed by atoms with van der Waals surface area (Å²) in [5, 5.41) is 10.7. The predicted molar refractivity (Wildman–Crippen MR) is 46.9 cm³/mol. The Labute approximate surface area is 75.9 Å². The van der Waals surface area contributed by atoms with E-state index in [4.69, 9.17) is 9.84 Å². The molecule has 0 spiro atoms. The highest BCUT2D eigenvalue weighted by Crippen LogP contribution is 2.09. The molecule has 1 aromatic rings. The van der Waals surface area contributed by atoms with Crippen molar-refractivity contribution in [2.24, 2.45) is 0 Å². The normalized spacial score (nSPS) is 11.3. The summed E-state index contributed by atoms with van der Waals surface area (Å²) in [6, 6.07) is 1.42. The quantitative estimate of drug-likeness (QED) is 0.568. The average molecular weight is 185 g/mol. The SMILES string of the molecule is CC(C)(C)OC(=O)n1ccc([OH2+])n1. The molecule has 0 amide bonds. The second-order valence-electron chi connectivity index (χ2n) is 3.63. The molecule has 1 rings (SSSR count). The van der Waals surface area contributed by atoms with Crippen molar-refractivity contribution in [1.29, 1.82) is 0 Å². The highest BCUT2D eigenvalue weighted by molar-refractivity contribution is 5.69. The maximum Gasteiger partial charge on any atom is 0.435 e. The van der Waals surface area contributed by atoms with Crippen LogP contribution in [0.1, 0.15) is 20.8 Å². The van der Waals surface area contributed by atoms with Gasteiger partial charge in [-0.2, -0.15) is 4.68 Å². The molecule has 0 bridgehead atoms. The van der Waals surface area contributed by atoms with Gasteiger partial charge < -0.3 is 9.84 Å². The van der Waals surface area contributed by atoms with Gasteiger partial charge in [-0.15, -0.1) is 0 Å². The minimum Gasteiger partial charge on any atom is -0.578 e. The number of rotatable bonds is 0. The highest BCUT2D eigenvalue weighted by Gasteiger charge is 2.18. The molecule has 13 heavy (non-hydrogen) atoms. The van der Waals surface area contributed by atoms with Gasteiger partial charge in [-0.05, 0) is 20.8 Å². The fourth-order valence-corrected chi connectivity index (χ4v) is 0.734. The number of nitrogens with zero attached hydrogens (tertiary/aromatic N) is 2. The molecule has 0 aliphatic carbocycles. The summed E-state index contributed by atoms with van der Waals surface area (Å²) < 4.78 is 6.02. The molecule has 5 heteroatoms. The van der Waals surface area contributed by atoms with Crippen LogP contribution in [-0.2, 0) is 4.74 Å². The van der Waals surface area contributed by atoms with E-state index >= 15 is 0 Å².